The molecule has 0 radical (unpaired) electrons. The van der Waals surface area contributed by atoms with E-state index in [9.17, 15) is 4.79 Å². The van der Waals surface area contributed by atoms with Gasteiger partial charge in [-0.3, -0.25) is 9.36 Å². The topological polar surface area (TPSA) is 44.1 Å². The van der Waals surface area contributed by atoms with Crippen molar-refractivity contribution in [1.29, 1.82) is 0 Å². The van der Waals surface area contributed by atoms with Gasteiger partial charge in [0.2, 0.25) is 0 Å². The molecular weight excluding hydrogens is 380 g/mol. The predicted octanol–water partition coefficient (Wildman–Crippen LogP) is 5.08. The van der Waals surface area contributed by atoms with E-state index < -0.39 is 0 Å². The molecule has 0 amide bonds. The van der Waals surface area contributed by atoms with Gasteiger partial charge in [-0.05, 0) is 43.5 Å². The van der Waals surface area contributed by atoms with Crippen LogP contribution in [0.25, 0.3) is 10.9 Å². The Morgan fingerprint density at radius 1 is 1.26 bits per heavy atom. The average Bonchev–Trinajstić information content (AvgIpc) is 3.18. The second kappa shape index (κ2) is 8.05. The van der Waals surface area contributed by atoms with Gasteiger partial charge in [-0.25, -0.2) is 4.98 Å². The van der Waals surface area contributed by atoms with Crippen molar-refractivity contribution in [2.45, 2.75) is 42.8 Å². The van der Waals surface area contributed by atoms with Crippen LogP contribution in [0.4, 0.5) is 0 Å². The van der Waals surface area contributed by atoms with E-state index in [1.807, 2.05) is 48.5 Å². The molecule has 0 saturated carbocycles. The number of hydrogen-bond acceptors (Lipinski definition) is 4. The van der Waals surface area contributed by atoms with E-state index in [4.69, 9.17) is 21.3 Å². The summed E-state index contributed by atoms with van der Waals surface area (Å²) >= 11 is 7.93. The third kappa shape index (κ3) is 3.91. The molecule has 4 nitrogen and oxygen atoms in total. The number of hydrogen-bond donors (Lipinski definition) is 0. The predicted molar refractivity (Wildman–Crippen MR) is 111 cm³/mol. The van der Waals surface area contributed by atoms with Crippen molar-refractivity contribution in [3.8, 4) is 0 Å². The number of rotatable bonds is 5. The number of fused-ring (bicyclic) bond motifs is 1. The molecule has 4 rings (SSSR count). The van der Waals surface area contributed by atoms with Gasteiger partial charge in [-0.1, -0.05) is 53.7 Å². The molecule has 2 aromatic carbocycles. The Morgan fingerprint density at radius 2 is 2.04 bits per heavy atom. The molecule has 0 N–H and O–H groups in total. The fourth-order valence-electron chi connectivity index (χ4n) is 3.42. The molecule has 1 fully saturated rings. The Bertz CT molecular complexity index is 1010. The first-order chi connectivity index (χ1) is 13.1. The summed E-state index contributed by atoms with van der Waals surface area (Å²) < 4.78 is 7.54. The van der Waals surface area contributed by atoms with Crippen LogP contribution >= 0.6 is 23.4 Å². The van der Waals surface area contributed by atoms with Gasteiger partial charge in [0.25, 0.3) is 5.56 Å². The molecule has 1 aliphatic heterocycles. The van der Waals surface area contributed by atoms with Crippen LogP contribution < -0.4 is 5.56 Å². The summed E-state index contributed by atoms with van der Waals surface area (Å²) in [7, 11) is 0. The maximum atomic E-state index is 13.1. The Labute approximate surface area is 167 Å². The molecule has 2 heterocycles. The first-order valence-corrected chi connectivity index (χ1v) is 10.4. The van der Waals surface area contributed by atoms with E-state index in [1.54, 1.807) is 16.3 Å². The van der Waals surface area contributed by atoms with Crippen LogP contribution in [0.2, 0.25) is 5.02 Å². The highest BCUT2D eigenvalue weighted by Gasteiger charge is 2.22. The highest BCUT2D eigenvalue weighted by Crippen LogP contribution is 2.37. The van der Waals surface area contributed by atoms with E-state index in [-0.39, 0.29) is 16.9 Å². The SMILES string of the molecule is CC(Sc1nc2ccccc2c(=O)n1CC1CCCO1)c1ccccc1Cl. The third-order valence-corrected chi connectivity index (χ3v) is 6.34. The van der Waals surface area contributed by atoms with Crippen molar-refractivity contribution in [2.24, 2.45) is 0 Å². The largest absolute Gasteiger partial charge is 0.376 e. The monoisotopic (exact) mass is 400 g/mol. The van der Waals surface area contributed by atoms with Crippen LogP contribution in [0.1, 0.15) is 30.6 Å². The summed E-state index contributed by atoms with van der Waals surface area (Å²) in [5.41, 5.74) is 1.75. The highest BCUT2D eigenvalue weighted by atomic mass is 35.5. The van der Waals surface area contributed by atoms with Gasteiger partial charge in [0.15, 0.2) is 5.16 Å². The van der Waals surface area contributed by atoms with Gasteiger partial charge < -0.3 is 4.74 Å². The fraction of sp³-hybridized carbons (Fsp3) is 0.333. The molecule has 0 bridgehead atoms. The van der Waals surface area contributed by atoms with Gasteiger partial charge in [0.05, 0.1) is 23.6 Å². The molecule has 27 heavy (non-hydrogen) atoms. The number of para-hydroxylation sites is 1. The molecule has 0 spiro atoms. The maximum Gasteiger partial charge on any atom is 0.262 e. The average molecular weight is 401 g/mol. The second-order valence-electron chi connectivity index (χ2n) is 6.74. The van der Waals surface area contributed by atoms with E-state index in [0.29, 0.717) is 17.1 Å². The Hall–Kier alpha value is -1.82. The van der Waals surface area contributed by atoms with Crippen LogP contribution in [0.5, 0.6) is 0 Å². The summed E-state index contributed by atoms with van der Waals surface area (Å²) in [6.07, 6.45) is 2.09. The van der Waals surface area contributed by atoms with Gasteiger partial charge in [0.1, 0.15) is 0 Å². The zero-order valence-corrected chi connectivity index (χ0v) is 16.7. The molecule has 2 atom stereocenters. The molecule has 2 unspecified atom stereocenters. The summed E-state index contributed by atoms with van der Waals surface area (Å²) in [5, 5.41) is 2.15. The van der Waals surface area contributed by atoms with E-state index in [0.717, 1.165) is 35.6 Å². The van der Waals surface area contributed by atoms with Crippen LogP contribution in [0.3, 0.4) is 0 Å². The number of ether oxygens (including phenoxy) is 1. The zero-order chi connectivity index (χ0) is 18.8. The lowest BCUT2D eigenvalue weighted by Crippen LogP contribution is -2.29. The molecule has 140 valence electrons. The van der Waals surface area contributed by atoms with Gasteiger partial charge in [-0.2, -0.15) is 0 Å². The molecule has 6 heteroatoms. The number of benzene rings is 2. The van der Waals surface area contributed by atoms with Crippen molar-refractivity contribution in [2.75, 3.05) is 6.61 Å². The number of thioether (sulfide) groups is 1. The van der Waals surface area contributed by atoms with Crippen LogP contribution in [0, 0.1) is 0 Å². The van der Waals surface area contributed by atoms with E-state index in [1.165, 1.54) is 0 Å². The van der Waals surface area contributed by atoms with Crippen LogP contribution in [-0.2, 0) is 11.3 Å². The minimum Gasteiger partial charge on any atom is -0.376 e. The number of aromatic nitrogens is 2. The van der Waals surface area contributed by atoms with Crippen molar-refractivity contribution >= 4 is 34.3 Å². The van der Waals surface area contributed by atoms with Gasteiger partial charge in [0, 0.05) is 16.9 Å². The smallest absolute Gasteiger partial charge is 0.262 e. The minimum absolute atomic E-state index is 0.00930. The van der Waals surface area contributed by atoms with Crippen LogP contribution in [-0.4, -0.2) is 22.3 Å². The normalized spacial score (nSPS) is 18.1. The number of nitrogens with zero attached hydrogens (tertiary/aromatic N) is 2. The molecule has 0 aliphatic carbocycles. The third-order valence-electron chi connectivity index (χ3n) is 4.86. The summed E-state index contributed by atoms with van der Waals surface area (Å²) in [5.74, 6) is 0. The quantitative estimate of drug-likeness (QED) is 0.442. The summed E-state index contributed by atoms with van der Waals surface area (Å²) in [6, 6.07) is 15.3. The minimum atomic E-state index is -0.00930. The Kier molecular flexibility index (Phi) is 5.53. The van der Waals surface area contributed by atoms with Gasteiger partial charge in [-0.15, -0.1) is 0 Å². The van der Waals surface area contributed by atoms with Crippen molar-refractivity contribution in [3.05, 3.63) is 69.5 Å². The molecule has 1 aromatic heterocycles. The lowest BCUT2D eigenvalue weighted by molar-refractivity contribution is 0.0937. The van der Waals surface area contributed by atoms with Crippen molar-refractivity contribution < 1.29 is 4.74 Å². The molecule has 3 aromatic rings. The van der Waals surface area contributed by atoms with Crippen LogP contribution in [0.15, 0.2) is 58.5 Å². The lowest BCUT2D eigenvalue weighted by atomic mass is 10.2. The zero-order valence-electron chi connectivity index (χ0n) is 15.1. The first-order valence-electron chi connectivity index (χ1n) is 9.16. The first kappa shape index (κ1) is 18.5. The van der Waals surface area contributed by atoms with Gasteiger partial charge >= 0.3 is 0 Å². The summed E-state index contributed by atoms with van der Waals surface area (Å²) in [6.45, 7) is 3.39. The lowest BCUT2D eigenvalue weighted by Gasteiger charge is -2.19. The number of halogens is 1. The molecule has 1 saturated heterocycles. The fourth-order valence-corrected chi connectivity index (χ4v) is 4.87. The van der Waals surface area contributed by atoms with Crippen molar-refractivity contribution in [1.82, 2.24) is 9.55 Å². The van der Waals surface area contributed by atoms with E-state index in [2.05, 4.69) is 6.92 Å². The second-order valence-corrected chi connectivity index (χ2v) is 8.46. The standard InChI is InChI=1S/C21H21ClN2O2S/c1-14(16-8-2-4-10-18(16)22)27-21-23-19-11-5-3-9-17(19)20(25)24(21)13-15-7-6-12-26-15/h2-5,8-11,14-15H,6-7,12-13H2,1H3. The molecule has 1 aliphatic rings. The highest BCUT2D eigenvalue weighted by molar-refractivity contribution is 7.99. The van der Waals surface area contributed by atoms with Crippen molar-refractivity contribution in [3.63, 3.8) is 0 Å². The summed E-state index contributed by atoms with van der Waals surface area (Å²) in [4.78, 5) is 18.0. The molecular formula is C21H21ClN2O2S. The Morgan fingerprint density at radius 3 is 2.81 bits per heavy atom. The Balaban J connectivity index is 1.75. The maximum absolute atomic E-state index is 13.1. The van der Waals surface area contributed by atoms with E-state index >= 15 is 0 Å².